The average Bonchev–Trinajstić information content (AvgIpc) is 3.28. The van der Waals surface area contributed by atoms with Gasteiger partial charge in [-0.2, -0.15) is 0 Å². The first-order chi connectivity index (χ1) is 12.1. The summed E-state index contributed by atoms with van der Waals surface area (Å²) in [6.07, 6.45) is 2.22. The summed E-state index contributed by atoms with van der Waals surface area (Å²) in [7, 11) is 0. The van der Waals surface area contributed by atoms with Gasteiger partial charge in [0, 0.05) is 41.7 Å². The zero-order valence-corrected chi connectivity index (χ0v) is 13.9. The van der Waals surface area contributed by atoms with Crippen molar-refractivity contribution in [3.8, 4) is 0 Å². The van der Waals surface area contributed by atoms with Crippen LogP contribution in [0.15, 0.2) is 47.1 Å². The van der Waals surface area contributed by atoms with Gasteiger partial charge < -0.3 is 19.6 Å². The summed E-state index contributed by atoms with van der Waals surface area (Å²) in [5.41, 5.74) is 3.46. The molecule has 4 rings (SSSR count). The predicted octanol–water partition coefficient (Wildman–Crippen LogP) is 2.46. The van der Waals surface area contributed by atoms with Gasteiger partial charge in [0.15, 0.2) is 5.76 Å². The molecule has 0 radical (unpaired) electrons. The number of hydrogen-bond acceptors (Lipinski definition) is 3. The molecule has 0 saturated carbocycles. The first-order valence-corrected chi connectivity index (χ1v) is 8.35. The number of rotatable bonds is 3. The van der Waals surface area contributed by atoms with E-state index in [1.165, 1.54) is 17.5 Å². The SMILES string of the molecule is CC(NC(=O)c1ccco1)C(=O)N1CCc2[nH]c3ccccc3c2C1. The van der Waals surface area contributed by atoms with E-state index in [-0.39, 0.29) is 17.6 Å². The minimum absolute atomic E-state index is 0.0872. The molecular weight excluding hydrogens is 318 g/mol. The molecule has 0 saturated heterocycles. The Labute approximate surface area is 144 Å². The maximum absolute atomic E-state index is 12.7. The summed E-state index contributed by atoms with van der Waals surface area (Å²) in [6.45, 7) is 2.90. The molecule has 25 heavy (non-hydrogen) atoms. The van der Waals surface area contributed by atoms with Crippen molar-refractivity contribution in [1.29, 1.82) is 0 Å². The number of H-pyrrole nitrogens is 1. The first-order valence-electron chi connectivity index (χ1n) is 8.35. The third-order valence-corrected chi connectivity index (χ3v) is 4.66. The van der Waals surface area contributed by atoms with Gasteiger partial charge in [-0.1, -0.05) is 18.2 Å². The Balaban J connectivity index is 1.49. The number of carbonyl (C=O) groups is 2. The second-order valence-corrected chi connectivity index (χ2v) is 6.31. The van der Waals surface area contributed by atoms with E-state index in [0.29, 0.717) is 13.1 Å². The number of nitrogens with one attached hydrogen (secondary N) is 2. The van der Waals surface area contributed by atoms with Crippen molar-refractivity contribution in [3.05, 3.63) is 59.7 Å². The maximum Gasteiger partial charge on any atom is 0.287 e. The van der Waals surface area contributed by atoms with E-state index < -0.39 is 6.04 Å². The van der Waals surface area contributed by atoms with Gasteiger partial charge in [0.05, 0.1) is 6.26 Å². The number of furan rings is 1. The Kier molecular flexibility index (Phi) is 3.80. The van der Waals surface area contributed by atoms with Crippen molar-refractivity contribution in [2.75, 3.05) is 6.54 Å². The van der Waals surface area contributed by atoms with Crippen molar-refractivity contribution < 1.29 is 14.0 Å². The van der Waals surface area contributed by atoms with E-state index in [1.54, 1.807) is 24.0 Å². The number of benzene rings is 1. The second kappa shape index (κ2) is 6.12. The molecule has 1 aliphatic heterocycles. The van der Waals surface area contributed by atoms with Crippen LogP contribution in [0.4, 0.5) is 0 Å². The number of amides is 2. The molecule has 3 heterocycles. The number of hydrogen-bond donors (Lipinski definition) is 2. The van der Waals surface area contributed by atoms with Crippen LogP contribution in [0.25, 0.3) is 10.9 Å². The van der Waals surface area contributed by atoms with Gasteiger partial charge >= 0.3 is 0 Å². The summed E-state index contributed by atoms with van der Waals surface area (Å²) < 4.78 is 5.06. The van der Waals surface area contributed by atoms with Crippen molar-refractivity contribution in [2.45, 2.75) is 25.9 Å². The first kappa shape index (κ1) is 15.5. The Morgan fingerprint density at radius 1 is 1.24 bits per heavy atom. The minimum Gasteiger partial charge on any atom is -0.459 e. The maximum atomic E-state index is 12.7. The average molecular weight is 337 g/mol. The monoisotopic (exact) mass is 337 g/mol. The van der Waals surface area contributed by atoms with Gasteiger partial charge in [0.2, 0.25) is 5.91 Å². The van der Waals surface area contributed by atoms with Crippen LogP contribution in [0.1, 0.15) is 28.7 Å². The fraction of sp³-hybridized carbons (Fsp3) is 0.263. The highest BCUT2D eigenvalue weighted by atomic mass is 16.3. The second-order valence-electron chi connectivity index (χ2n) is 6.31. The van der Waals surface area contributed by atoms with Gasteiger partial charge in [0.25, 0.3) is 5.91 Å². The van der Waals surface area contributed by atoms with Gasteiger partial charge in [-0.3, -0.25) is 9.59 Å². The van der Waals surface area contributed by atoms with E-state index in [2.05, 4.69) is 16.4 Å². The fourth-order valence-corrected chi connectivity index (χ4v) is 3.37. The zero-order valence-electron chi connectivity index (χ0n) is 13.9. The third-order valence-electron chi connectivity index (χ3n) is 4.66. The van der Waals surface area contributed by atoms with Crippen LogP contribution in [0.3, 0.4) is 0 Å². The molecule has 1 aliphatic rings. The van der Waals surface area contributed by atoms with E-state index in [0.717, 1.165) is 17.3 Å². The van der Waals surface area contributed by atoms with Crippen LogP contribution in [0.2, 0.25) is 0 Å². The van der Waals surface area contributed by atoms with Crippen molar-refractivity contribution in [2.24, 2.45) is 0 Å². The highest BCUT2D eigenvalue weighted by molar-refractivity contribution is 5.95. The molecule has 6 nitrogen and oxygen atoms in total. The molecule has 1 atom stereocenters. The highest BCUT2D eigenvalue weighted by Crippen LogP contribution is 2.27. The highest BCUT2D eigenvalue weighted by Gasteiger charge is 2.28. The van der Waals surface area contributed by atoms with Crippen molar-refractivity contribution >= 4 is 22.7 Å². The molecule has 0 bridgehead atoms. The number of carbonyl (C=O) groups excluding carboxylic acids is 2. The van der Waals surface area contributed by atoms with Crippen molar-refractivity contribution in [1.82, 2.24) is 15.2 Å². The van der Waals surface area contributed by atoms with Crippen LogP contribution in [0.5, 0.6) is 0 Å². The van der Waals surface area contributed by atoms with Gasteiger partial charge in [0.1, 0.15) is 6.04 Å². The molecule has 6 heteroatoms. The van der Waals surface area contributed by atoms with Gasteiger partial charge in [-0.15, -0.1) is 0 Å². The molecule has 0 spiro atoms. The minimum atomic E-state index is -0.607. The van der Waals surface area contributed by atoms with Crippen molar-refractivity contribution in [3.63, 3.8) is 0 Å². The molecule has 2 aromatic heterocycles. The number of fused-ring (bicyclic) bond motifs is 3. The Morgan fingerprint density at radius 3 is 2.88 bits per heavy atom. The molecule has 2 amide bonds. The van der Waals surface area contributed by atoms with E-state index in [1.807, 2.05) is 18.2 Å². The lowest BCUT2D eigenvalue weighted by Gasteiger charge is -2.29. The van der Waals surface area contributed by atoms with Crippen LogP contribution < -0.4 is 5.32 Å². The van der Waals surface area contributed by atoms with E-state index >= 15 is 0 Å². The normalized spacial score (nSPS) is 15.0. The third kappa shape index (κ3) is 2.80. The lowest BCUT2D eigenvalue weighted by molar-refractivity contribution is -0.133. The van der Waals surface area contributed by atoms with Gasteiger partial charge in [-0.25, -0.2) is 0 Å². The lowest BCUT2D eigenvalue weighted by Crippen LogP contribution is -2.48. The number of nitrogens with zero attached hydrogens (tertiary/aromatic N) is 1. The summed E-state index contributed by atoms with van der Waals surface area (Å²) in [5, 5.41) is 3.86. The van der Waals surface area contributed by atoms with Crippen LogP contribution in [-0.2, 0) is 17.8 Å². The number of aromatic amines is 1. The van der Waals surface area contributed by atoms with E-state index in [4.69, 9.17) is 4.42 Å². The molecule has 0 fully saturated rings. The number of aromatic nitrogens is 1. The largest absolute Gasteiger partial charge is 0.459 e. The molecule has 3 aromatic rings. The Morgan fingerprint density at radius 2 is 2.08 bits per heavy atom. The molecule has 1 aromatic carbocycles. The standard InChI is InChI=1S/C19H19N3O3/c1-12(20-18(23)17-7-4-10-25-17)19(24)22-9-8-16-14(11-22)13-5-2-3-6-15(13)21-16/h2-7,10,12,21H,8-9,11H2,1H3,(H,20,23). The summed E-state index contributed by atoms with van der Waals surface area (Å²) in [6, 6.07) is 10.7. The number of para-hydroxylation sites is 1. The Hall–Kier alpha value is -3.02. The Bertz CT molecular complexity index is 927. The van der Waals surface area contributed by atoms with Crippen LogP contribution in [-0.4, -0.2) is 34.3 Å². The molecule has 2 N–H and O–H groups in total. The predicted molar refractivity (Wildman–Crippen MR) is 93.1 cm³/mol. The smallest absolute Gasteiger partial charge is 0.287 e. The fourth-order valence-electron chi connectivity index (χ4n) is 3.37. The van der Waals surface area contributed by atoms with Crippen LogP contribution >= 0.6 is 0 Å². The topological polar surface area (TPSA) is 78.3 Å². The summed E-state index contributed by atoms with van der Waals surface area (Å²) >= 11 is 0. The molecule has 128 valence electrons. The molecular formula is C19H19N3O3. The zero-order chi connectivity index (χ0) is 17.4. The quantitative estimate of drug-likeness (QED) is 0.771. The van der Waals surface area contributed by atoms with E-state index in [9.17, 15) is 9.59 Å². The summed E-state index contributed by atoms with van der Waals surface area (Å²) in [5.74, 6) is -0.260. The summed E-state index contributed by atoms with van der Waals surface area (Å²) in [4.78, 5) is 30.0. The molecule has 1 unspecified atom stereocenters. The van der Waals surface area contributed by atoms with Crippen LogP contribution in [0, 0.1) is 0 Å². The lowest BCUT2D eigenvalue weighted by atomic mass is 10.0. The molecule has 0 aliphatic carbocycles. The van der Waals surface area contributed by atoms with Gasteiger partial charge in [-0.05, 0) is 25.1 Å².